The van der Waals surface area contributed by atoms with E-state index in [0.29, 0.717) is 0 Å². The average molecular weight is 390 g/mol. The second kappa shape index (κ2) is 8.48. The third-order valence-electron chi connectivity index (χ3n) is 5.26. The molecule has 0 aliphatic heterocycles. The van der Waals surface area contributed by atoms with Crippen LogP contribution in [0.15, 0.2) is 83.8 Å². The Kier molecular flexibility index (Phi) is 6.02. The molecule has 0 saturated heterocycles. The van der Waals surface area contributed by atoms with Gasteiger partial charge in [-0.2, -0.15) is 0 Å². The number of hydrogen-bond acceptors (Lipinski definition) is 4. The van der Waals surface area contributed by atoms with Gasteiger partial charge in [0.2, 0.25) is 0 Å². The largest absolute Gasteiger partial charge is 0.510 e. The van der Waals surface area contributed by atoms with E-state index in [9.17, 15) is 19.8 Å². The predicted octanol–water partition coefficient (Wildman–Crippen LogP) is 4.91. The van der Waals surface area contributed by atoms with E-state index in [1.54, 1.807) is 0 Å². The number of carbonyl (C=O) groups excluding carboxylic acids is 2. The third-order valence-corrected chi connectivity index (χ3v) is 5.26. The Bertz CT molecular complexity index is 911. The number of allylic oxidation sites excluding steroid dienone is 3. The van der Waals surface area contributed by atoms with Gasteiger partial charge >= 0.3 is 0 Å². The second-order valence-electron chi connectivity index (χ2n) is 8.05. The zero-order chi connectivity index (χ0) is 21.0. The molecule has 2 aromatic carbocycles. The van der Waals surface area contributed by atoms with Crippen molar-refractivity contribution in [3.05, 3.63) is 95.0 Å². The molecule has 0 atom stereocenters. The predicted molar refractivity (Wildman–Crippen MR) is 113 cm³/mol. The van der Waals surface area contributed by atoms with Crippen LogP contribution < -0.4 is 0 Å². The van der Waals surface area contributed by atoms with Gasteiger partial charge in [0.25, 0.3) is 0 Å². The lowest BCUT2D eigenvalue weighted by Gasteiger charge is -2.35. The van der Waals surface area contributed by atoms with Crippen molar-refractivity contribution >= 4 is 11.6 Å². The summed E-state index contributed by atoms with van der Waals surface area (Å²) in [5.41, 5.74) is 0.268. The highest BCUT2D eigenvalue weighted by Crippen LogP contribution is 2.42. The molecule has 0 heterocycles. The van der Waals surface area contributed by atoms with Gasteiger partial charge in [-0.1, -0.05) is 74.5 Å². The molecule has 3 rings (SSSR count). The van der Waals surface area contributed by atoms with Crippen LogP contribution in [-0.2, 0) is 22.4 Å². The molecule has 4 nitrogen and oxygen atoms in total. The lowest BCUT2D eigenvalue weighted by atomic mass is 9.67. The first-order valence-electron chi connectivity index (χ1n) is 9.83. The first kappa shape index (κ1) is 20.6. The average Bonchev–Trinajstić information content (AvgIpc) is 2.67. The molecule has 0 spiro atoms. The SMILES string of the molecule is CC(C)CC(=O)C1=C(O)C(Cc2ccccc2)(Cc2ccccc2)C(=O)C=C1O. The summed E-state index contributed by atoms with van der Waals surface area (Å²) in [6.07, 6.45) is 1.74. The molecule has 0 amide bonds. The minimum atomic E-state index is -1.34. The molecule has 1 aliphatic carbocycles. The fraction of sp³-hybridized carbons (Fsp3) is 0.280. The number of hydrogen-bond donors (Lipinski definition) is 2. The Morgan fingerprint density at radius 3 is 1.83 bits per heavy atom. The van der Waals surface area contributed by atoms with E-state index in [-0.39, 0.29) is 42.3 Å². The number of Topliss-reactive ketones (excluding diaryl/α,β-unsaturated/α-hetero) is 1. The molecule has 0 radical (unpaired) electrons. The normalized spacial score (nSPS) is 16.1. The van der Waals surface area contributed by atoms with E-state index < -0.39 is 17.0 Å². The minimum Gasteiger partial charge on any atom is -0.510 e. The molecule has 0 aromatic heterocycles. The van der Waals surface area contributed by atoms with Crippen molar-refractivity contribution in [1.29, 1.82) is 0 Å². The van der Waals surface area contributed by atoms with Crippen molar-refractivity contribution < 1.29 is 19.8 Å². The van der Waals surface area contributed by atoms with Gasteiger partial charge in [0.15, 0.2) is 11.6 Å². The number of aliphatic hydroxyl groups excluding tert-OH is 2. The number of ketones is 2. The molecule has 0 unspecified atom stereocenters. The zero-order valence-corrected chi connectivity index (χ0v) is 16.8. The van der Waals surface area contributed by atoms with Crippen LogP contribution in [-0.4, -0.2) is 21.8 Å². The van der Waals surface area contributed by atoms with Gasteiger partial charge < -0.3 is 10.2 Å². The summed E-state index contributed by atoms with van der Waals surface area (Å²) < 4.78 is 0. The van der Waals surface area contributed by atoms with Crippen LogP contribution in [0.25, 0.3) is 0 Å². The van der Waals surface area contributed by atoms with Crippen LogP contribution in [0.5, 0.6) is 0 Å². The van der Waals surface area contributed by atoms with Gasteiger partial charge in [0, 0.05) is 12.5 Å². The van der Waals surface area contributed by atoms with E-state index in [1.165, 1.54) is 0 Å². The summed E-state index contributed by atoms with van der Waals surface area (Å²) in [4.78, 5) is 26.0. The summed E-state index contributed by atoms with van der Waals surface area (Å²) in [5.74, 6) is -1.48. The highest BCUT2D eigenvalue weighted by Gasteiger charge is 2.47. The van der Waals surface area contributed by atoms with Crippen molar-refractivity contribution in [3.63, 3.8) is 0 Å². The van der Waals surface area contributed by atoms with Crippen LogP contribution in [0, 0.1) is 11.3 Å². The number of benzene rings is 2. The topological polar surface area (TPSA) is 74.6 Å². The first-order valence-corrected chi connectivity index (χ1v) is 9.83. The van der Waals surface area contributed by atoms with Gasteiger partial charge in [-0.05, 0) is 29.9 Å². The van der Waals surface area contributed by atoms with Crippen LogP contribution in [0.3, 0.4) is 0 Å². The second-order valence-corrected chi connectivity index (χ2v) is 8.05. The summed E-state index contributed by atoms with van der Waals surface area (Å²) in [5, 5.41) is 21.6. The Morgan fingerprint density at radius 1 is 0.897 bits per heavy atom. The smallest absolute Gasteiger partial charge is 0.173 e. The quantitative estimate of drug-likeness (QED) is 0.704. The van der Waals surface area contributed by atoms with Crippen LogP contribution in [0.2, 0.25) is 0 Å². The molecule has 4 heteroatoms. The van der Waals surface area contributed by atoms with Crippen molar-refractivity contribution in [2.24, 2.45) is 11.3 Å². The summed E-state index contributed by atoms with van der Waals surface area (Å²) >= 11 is 0. The number of aliphatic hydroxyl groups is 2. The van der Waals surface area contributed by atoms with E-state index in [4.69, 9.17) is 0 Å². The van der Waals surface area contributed by atoms with Gasteiger partial charge in [-0.3, -0.25) is 9.59 Å². The van der Waals surface area contributed by atoms with E-state index in [2.05, 4.69) is 0 Å². The van der Waals surface area contributed by atoms with Crippen molar-refractivity contribution in [2.75, 3.05) is 0 Å². The van der Waals surface area contributed by atoms with Gasteiger partial charge in [-0.25, -0.2) is 0 Å². The van der Waals surface area contributed by atoms with Gasteiger partial charge in [0.05, 0.1) is 11.0 Å². The Morgan fingerprint density at radius 2 is 1.38 bits per heavy atom. The third kappa shape index (κ3) is 4.32. The maximum absolute atomic E-state index is 13.2. The molecule has 0 fully saturated rings. The van der Waals surface area contributed by atoms with Crippen molar-refractivity contribution in [1.82, 2.24) is 0 Å². The lowest BCUT2D eigenvalue weighted by molar-refractivity contribution is -0.124. The molecular formula is C25H26O4. The van der Waals surface area contributed by atoms with Gasteiger partial charge in [0.1, 0.15) is 11.5 Å². The maximum atomic E-state index is 13.2. The molecule has 0 saturated carbocycles. The van der Waals surface area contributed by atoms with E-state index in [0.717, 1.165) is 17.2 Å². The molecular weight excluding hydrogens is 364 g/mol. The minimum absolute atomic E-state index is 0.0610. The van der Waals surface area contributed by atoms with E-state index >= 15 is 0 Å². The van der Waals surface area contributed by atoms with Crippen LogP contribution in [0.4, 0.5) is 0 Å². The van der Waals surface area contributed by atoms with Crippen molar-refractivity contribution in [2.45, 2.75) is 33.1 Å². The standard InChI is InChI=1S/C25H26O4/c1-17(2)13-20(26)23-21(27)14-22(28)25(24(23)29,15-18-9-5-3-6-10-18)16-19-11-7-4-8-12-19/h3-12,14,17,27,29H,13,15-16H2,1-2H3. The molecule has 1 aliphatic rings. The highest BCUT2D eigenvalue weighted by molar-refractivity contribution is 6.08. The van der Waals surface area contributed by atoms with E-state index in [1.807, 2.05) is 74.5 Å². The Balaban J connectivity index is 2.14. The molecule has 2 N–H and O–H groups in total. The molecule has 2 aromatic rings. The number of rotatable bonds is 7. The summed E-state index contributed by atoms with van der Waals surface area (Å²) in [6, 6.07) is 18.8. The number of carbonyl (C=O) groups is 2. The summed E-state index contributed by atoms with van der Waals surface area (Å²) in [6.45, 7) is 3.79. The Labute approximate surface area is 171 Å². The maximum Gasteiger partial charge on any atom is 0.173 e. The van der Waals surface area contributed by atoms with Crippen molar-refractivity contribution in [3.8, 4) is 0 Å². The fourth-order valence-corrected chi connectivity index (χ4v) is 3.85. The molecule has 150 valence electrons. The Hall–Kier alpha value is -3.14. The zero-order valence-electron chi connectivity index (χ0n) is 16.8. The first-order chi connectivity index (χ1) is 13.8. The molecule has 29 heavy (non-hydrogen) atoms. The summed E-state index contributed by atoms with van der Waals surface area (Å²) in [7, 11) is 0. The lowest BCUT2D eigenvalue weighted by Crippen LogP contribution is -2.41. The van der Waals surface area contributed by atoms with Gasteiger partial charge in [-0.15, -0.1) is 0 Å². The molecule has 0 bridgehead atoms. The fourth-order valence-electron chi connectivity index (χ4n) is 3.85. The highest BCUT2D eigenvalue weighted by atomic mass is 16.3. The van der Waals surface area contributed by atoms with Crippen LogP contribution >= 0.6 is 0 Å². The monoisotopic (exact) mass is 390 g/mol. The van der Waals surface area contributed by atoms with Crippen LogP contribution in [0.1, 0.15) is 31.4 Å².